The number of aliphatic imine (C=N–C) groups is 1. The van der Waals surface area contributed by atoms with Gasteiger partial charge in [-0.3, -0.25) is 9.89 Å². The second-order valence-electron chi connectivity index (χ2n) is 10.5. The van der Waals surface area contributed by atoms with E-state index in [2.05, 4.69) is 44.2 Å². The smallest absolute Gasteiger partial charge is 0.454 e. The Morgan fingerprint density at radius 1 is 0.977 bits per heavy atom. The summed E-state index contributed by atoms with van der Waals surface area (Å²) in [6.45, 7) is 6.89. The summed E-state index contributed by atoms with van der Waals surface area (Å²) in [5.41, 5.74) is 5.96. The van der Waals surface area contributed by atoms with Crippen molar-refractivity contribution in [3.05, 3.63) is 112 Å². The highest BCUT2D eigenvalue weighted by atomic mass is 19.3. The number of aryl methyl sites for hydroxylation is 2. The maximum absolute atomic E-state index is 13.4. The van der Waals surface area contributed by atoms with Gasteiger partial charge in [-0.2, -0.15) is 17.6 Å². The fourth-order valence-corrected chi connectivity index (χ4v) is 4.86. The average molecular weight is 612 g/mol. The van der Waals surface area contributed by atoms with Gasteiger partial charge >= 0.3 is 12.5 Å². The highest BCUT2D eigenvalue weighted by Gasteiger charge is 2.43. The Morgan fingerprint density at radius 2 is 1.68 bits per heavy atom. The Balaban J connectivity index is 1.61. The zero-order valence-electron chi connectivity index (χ0n) is 25.2. The van der Waals surface area contributed by atoms with E-state index in [4.69, 9.17) is 9.47 Å². The van der Waals surface area contributed by atoms with Gasteiger partial charge in [-0.15, -0.1) is 0 Å². The highest BCUT2D eigenvalue weighted by molar-refractivity contribution is 6.03. The SMILES string of the molecule is CN=C(N/C(=C/CN(CC/C=C(\C)OC(F)(F)C(F)F)Cc1ccc2c(c1)OCO2)c1cc(C)cc(C)c1)c1ccccc1. The van der Waals surface area contributed by atoms with Crippen LogP contribution in [-0.4, -0.2) is 50.2 Å². The van der Waals surface area contributed by atoms with Gasteiger partial charge in [0.15, 0.2) is 11.5 Å². The molecule has 0 aromatic heterocycles. The zero-order valence-corrected chi connectivity index (χ0v) is 25.2. The molecule has 1 heterocycles. The van der Waals surface area contributed by atoms with Crippen LogP contribution < -0.4 is 14.8 Å². The number of fused-ring (bicyclic) bond motifs is 1. The van der Waals surface area contributed by atoms with Crippen LogP contribution in [0.3, 0.4) is 0 Å². The van der Waals surface area contributed by atoms with Crippen LogP contribution in [0.1, 0.15) is 41.2 Å². The zero-order chi connectivity index (χ0) is 31.7. The lowest BCUT2D eigenvalue weighted by molar-refractivity contribution is -0.281. The van der Waals surface area contributed by atoms with Gasteiger partial charge in [0, 0.05) is 37.9 Å². The molecule has 0 saturated carbocycles. The molecule has 1 aliphatic heterocycles. The van der Waals surface area contributed by atoms with Crippen LogP contribution in [0.15, 0.2) is 89.6 Å². The molecular formula is C34H37F4N3O3. The van der Waals surface area contributed by atoms with Crippen LogP contribution >= 0.6 is 0 Å². The fraction of sp³-hybridized carbons (Fsp3) is 0.324. The van der Waals surface area contributed by atoms with Crippen LogP contribution in [0.2, 0.25) is 0 Å². The number of hydrogen-bond acceptors (Lipinski definition) is 5. The van der Waals surface area contributed by atoms with Crippen molar-refractivity contribution in [2.75, 3.05) is 26.9 Å². The maximum Gasteiger partial charge on any atom is 0.460 e. The molecule has 0 atom stereocenters. The summed E-state index contributed by atoms with van der Waals surface area (Å²) >= 11 is 0. The van der Waals surface area contributed by atoms with Crippen molar-refractivity contribution >= 4 is 11.5 Å². The van der Waals surface area contributed by atoms with E-state index in [9.17, 15) is 17.6 Å². The maximum atomic E-state index is 13.4. The van der Waals surface area contributed by atoms with Gasteiger partial charge in [0.1, 0.15) is 5.84 Å². The Kier molecular flexibility index (Phi) is 11.1. The normalized spacial score (nSPS) is 14.0. The number of nitrogens with zero attached hydrogens (tertiary/aromatic N) is 2. The van der Waals surface area contributed by atoms with Crippen LogP contribution in [0.4, 0.5) is 17.6 Å². The molecule has 3 aromatic carbocycles. The van der Waals surface area contributed by atoms with Crippen molar-refractivity contribution in [2.45, 2.75) is 46.3 Å². The van der Waals surface area contributed by atoms with E-state index in [1.807, 2.05) is 62.4 Å². The van der Waals surface area contributed by atoms with Crippen LogP contribution in [-0.2, 0) is 11.3 Å². The lowest BCUT2D eigenvalue weighted by Gasteiger charge is -2.22. The third kappa shape index (κ3) is 9.09. The predicted octanol–water partition coefficient (Wildman–Crippen LogP) is 7.71. The van der Waals surface area contributed by atoms with E-state index < -0.39 is 12.5 Å². The number of hydrogen-bond donors (Lipinski definition) is 1. The second-order valence-corrected chi connectivity index (χ2v) is 10.5. The summed E-state index contributed by atoms with van der Waals surface area (Å²) in [4.78, 5) is 6.61. The molecular weight excluding hydrogens is 574 g/mol. The summed E-state index contributed by atoms with van der Waals surface area (Å²) < 4.78 is 67.2. The first-order valence-electron chi connectivity index (χ1n) is 14.2. The van der Waals surface area contributed by atoms with Crippen LogP contribution in [0, 0.1) is 13.8 Å². The van der Waals surface area contributed by atoms with Crippen LogP contribution in [0.25, 0.3) is 5.70 Å². The molecule has 0 radical (unpaired) electrons. The number of rotatable bonds is 13. The lowest BCUT2D eigenvalue weighted by atomic mass is 10.0. The summed E-state index contributed by atoms with van der Waals surface area (Å²) in [5, 5.41) is 3.52. The highest BCUT2D eigenvalue weighted by Crippen LogP contribution is 2.33. The second kappa shape index (κ2) is 14.9. The first-order valence-corrected chi connectivity index (χ1v) is 14.2. The van der Waals surface area contributed by atoms with E-state index in [1.54, 1.807) is 7.05 Å². The van der Waals surface area contributed by atoms with Gasteiger partial charge in [-0.1, -0.05) is 53.6 Å². The van der Waals surface area contributed by atoms with Crippen molar-refractivity contribution in [3.63, 3.8) is 0 Å². The van der Waals surface area contributed by atoms with Crippen molar-refractivity contribution in [3.8, 4) is 11.5 Å². The molecule has 0 bridgehead atoms. The number of benzene rings is 3. The lowest BCUT2D eigenvalue weighted by Crippen LogP contribution is -2.29. The molecule has 44 heavy (non-hydrogen) atoms. The van der Waals surface area contributed by atoms with Gasteiger partial charge < -0.3 is 19.5 Å². The topological polar surface area (TPSA) is 55.3 Å². The number of nitrogens with one attached hydrogen (secondary N) is 1. The monoisotopic (exact) mass is 611 g/mol. The summed E-state index contributed by atoms with van der Waals surface area (Å²) in [6, 6.07) is 21.8. The van der Waals surface area contributed by atoms with E-state index >= 15 is 0 Å². The largest absolute Gasteiger partial charge is 0.460 e. The predicted molar refractivity (Wildman–Crippen MR) is 164 cm³/mol. The van der Waals surface area contributed by atoms with Gasteiger partial charge in [0.05, 0.1) is 5.76 Å². The minimum absolute atomic E-state index is 0.159. The number of ether oxygens (including phenoxy) is 3. The standard InChI is InChI=1S/C34H37F4N3O3/c1-23-17-24(2)19-28(18-23)29(40-32(39-4)27-10-6-5-7-11-27)14-16-41(15-8-9-25(3)44-34(37,38)33(35)36)21-26-12-13-30-31(20-26)43-22-42-30/h5-7,9-14,17-20,33H,8,15-16,21-22H2,1-4H3,(H,39,40)/b25-9+,29-14+. The first kappa shape index (κ1) is 32.6. The van der Waals surface area contributed by atoms with E-state index in [0.29, 0.717) is 43.4 Å². The van der Waals surface area contributed by atoms with Gasteiger partial charge in [-0.05, 0) is 74.7 Å². The Labute approximate surface area is 255 Å². The van der Waals surface area contributed by atoms with Gasteiger partial charge in [0.25, 0.3) is 0 Å². The third-order valence-electron chi connectivity index (χ3n) is 6.88. The van der Waals surface area contributed by atoms with Crippen molar-refractivity contribution < 1.29 is 31.8 Å². The summed E-state index contributed by atoms with van der Waals surface area (Å²) in [7, 11) is 1.73. The molecule has 6 nitrogen and oxygen atoms in total. The molecule has 0 aliphatic carbocycles. The molecule has 0 unspecified atom stereocenters. The molecule has 10 heteroatoms. The number of halogens is 4. The fourth-order valence-electron chi connectivity index (χ4n) is 4.86. The Hall–Kier alpha value is -4.31. The van der Waals surface area contributed by atoms with E-state index in [1.165, 1.54) is 13.0 Å². The van der Waals surface area contributed by atoms with Gasteiger partial charge in [-0.25, -0.2) is 0 Å². The van der Waals surface area contributed by atoms with E-state index in [0.717, 1.165) is 33.5 Å². The minimum Gasteiger partial charge on any atom is -0.454 e. The summed E-state index contributed by atoms with van der Waals surface area (Å²) in [6.07, 6.45) is -4.71. The molecule has 4 rings (SSSR count). The Bertz CT molecular complexity index is 1490. The average Bonchev–Trinajstić information content (AvgIpc) is 3.45. The molecule has 0 fully saturated rings. The molecule has 234 valence electrons. The van der Waals surface area contributed by atoms with Crippen molar-refractivity contribution in [2.24, 2.45) is 4.99 Å². The van der Waals surface area contributed by atoms with E-state index in [-0.39, 0.29) is 12.6 Å². The quantitative estimate of drug-likeness (QED) is 0.0929. The molecule has 0 amide bonds. The first-order chi connectivity index (χ1) is 21.0. The van der Waals surface area contributed by atoms with Crippen molar-refractivity contribution in [1.82, 2.24) is 10.2 Å². The molecule has 0 spiro atoms. The van der Waals surface area contributed by atoms with Gasteiger partial charge in [0.2, 0.25) is 6.79 Å². The van der Waals surface area contributed by atoms with Crippen LogP contribution in [0.5, 0.6) is 11.5 Å². The number of amidine groups is 1. The molecule has 1 aliphatic rings. The third-order valence-corrected chi connectivity index (χ3v) is 6.88. The number of alkyl halides is 4. The Morgan fingerprint density at radius 3 is 2.36 bits per heavy atom. The number of allylic oxidation sites excluding steroid dienone is 1. The van der Waals surface area contributed by atoms with Crippen molar-refractivity contribution in [1.29, 1.82) is 0 Å². The summed E-state index contributed by atoms with van der Waals surface area (Å²) in [5.74, 6) is 1.76. The molecule has 3 aromatic rings. The molecule has 1 N–H and O–H groups in total. The minimum atomic E-state index is -4.54. The molecule has 0 saturated heterocycles.